The normalized spacial score (nSPS) is 13.6. The zero-order valence-electron chi connectivity index (χ0n) is 12.5. The van der Waals surface area contributed by atoms with Crippen molar-refractivity contribution in [2.45, 2.75) is 40.7 Å². The molecule has 1 aromatic rings. The van der Waals surface area contributed by atoms with Crippen LogP contribution in [-0.4, -0.2) is 6.54 Å². The van der Waals surface area contributed by atoms with Crippen LogP contribution in [0.25, 0.3) is 0 Å². The molecule has 108 valence electrons. The Labute approximate surface area is 125 Å². The van der Waals surface area contributed by atoms with Crippen LogP contribution >= 0.6 is 15.9 Å². The van der Waals surface area contributed by atoms with Crippen LogP contribution in [0.2, 0.25) is 0 Å². The lowest BCUT2D eigenvalue weighted by Crippen LogP contribution is -2.31. The summed E-state index contributed by atoms with van der Waals surface area (Å²) in [5, 5.41) is 3.57. The predicted octanol–water partition coefficient (Wildman–Crippen LogP) is 5.17. The molecule has 0 aliphatic carbocycles. The van der Waals surface area contributed by atoms with Crippen molar-refractivity contribution in [2.24, 2.45) is 17.8 Å². The van der Waals surface area contributed by atoms with Crippen LogP contribution in [0.1, 0.15) is 46.2 Å². The number of benzene rings is 1. The molecule has 0 saturated heterocycles. The molecule has 3 heteroatoms. The SMILES string of the molecule is CC(NCC(C(C)C)C(C)C)c1ccc(F)c(Br)c1. The Morgan fingerprint density at radius 1 is 1.11 bits per heavy atom. The molecule has 0 heterocycles. The summed E-state index contributed by atoms with van der Waals surface area (Å²) in [6.07, 6.45) is 0. The van der Waals surface area contributed by atoms with Gasteiger partial charge in [0.2, 0.25) is 0 Å². The van der Waals surface area contributed by atoms with E-state index in [9.17, 15) is 4.39 Å². The molecule has 0 aromatic heterocycles. The zero-order chi connectivity index (χ0) is 14.6. The van der Waals surface area contributed by atoms with Crippen LogP contribution in [0.4, 0.5) is 4.39 Å². The average molecular weight is 330 g/mol. The van der Waals surface area contributed by atoms with E-state index >= 15 is 0 Å². The molecule has 19 heavy (non-hydrogen) atoms. The molecular weight excluding hydrogens is 305 g/mol. The third-order valence-corrected chi connectivity index (χ3v) is 4.42. The first-order valence-electron chi connectivity index (χ1n) is 7.01. The number of nitrogens with one attached hydrogen (secondary N) is 1. The van der Waals surface area contributed by atoms with Gasteiger partial charge in [0.05, 0.1) is 4.47 Å². The maximum absolute atomic E-state index is 13.2. The summed E-state index contributed by atoms with van der Waals surface area (Å²) >= 11 is 3.24. The Morgan fingerprint density at radius 2 is 1.68 bits per heavy atom. The van der Waals surface area contributed by atoms with Crippen molar-refractivity contribution in [1.82, 2.24) is 5.32 Å². The molecule has 0 amide bonds. The number of rotatable bonds is 6. The van der Waals surface area contributed by atoms with Crippen LogP contribution in [0.15, 0.2) is 22.7 Å². The van der Waals surface area contributed by atoms with Crippen molar-refractivity contribution in [2.75, 3.05) is 6.54 Å². The molecule has 1 nitrogen and oxygen atoms in total. The van der Waals surface area contributed by atoms with E-state index in [1.807, 2.05) is 12.1 Å². The van der Waals surface area contributed by atoms with Gasteiger partial charge in [-0.15, -0.1) is 0 Å². The Kier molecular flexibility index (Phi) is 6.48. The maximum Gasteiger partial charge on any atom is 0.137 e. The summed E-state index contributed by atoms with van der Waals surface area (Å²) in [6.45, 7) is 12.2. The highest BCUT2D eigenvalue weighted by molar-refractivity contribution is 9.10. The standard InChI is InChI=1S/C16H25BrFN/c1-10(2)14(11(3)4)9-19-12(5)13-6-7-16(18)15(17)8-13/h6-8,10-12,14,19H,9H2,1-5H3. The topological polar surface area (TPSA) is 12.0 Å². The van der Waals surface area contributed by atoms with E-state index < -0.39 is 0 Å². The van der Waals surface area contributed by atoms with Gasteiger partial charge in [0.25, 0.3) is 0 Å². The van der Waals surface area contributed by atoms with Gasteiger partial charge in [-0.25, -0.2) is 4.39 Å². The minimum atomic E-state index is -0.210. The van der Waals surface area contributed by atoms with Crippen LogP contribution in [-0.2, 0) is 0 Å². The molecule has 1 aromatic carbocycles. The fourth-order valence-corrected chi connectivity index (χ4v) is 2.85. The van der Waals surface area contributed by atoms with Gasteiger partial charge in [0.15, 0.2) is 0 Å². The Morgan fingerprint density at radius 3 is 2.16 bits per heavy atom. The second kappa shape index (κ2) is 7.39. The molecule has 0 spiro atoms. The molecule has 1 rings (SSSR count). The van der Waals surface area contributed by atoms with Gasteiger partial charge in [-0.05, 0) is 64.8 Å². The highest BCUT2D eigenvalue weighted by atomic mass is 79.9. The lowest BCUT2D eigenvalue weighted by Gasteiger charge is -2.27. The Hall–Kier alpha value is -0.410. The van der Waals surface area contributed by atoms with Gasteiger partial charge in [-0.1, -0.05) is 33.8 Å². The maximum atomic E-state index is 13.2. The third-order valence-electron chi connectivity index (χ3n) is 3.82. The van der Waals surface area contributed by atoms with Crippen molar-refractivity contribution in [1.29, 1.82) is 0 Å². The molecule has 1 N–H and O–H groups in total. The highest BCUT2D eigenvalue weighted by Crippen LogP contribution is 2.23. The van der Waals surface area contributed by atoms with Crippen molar-refractivity contribution in [3.8, 4) is 0 Å². The Bertz CT molecular complexity index is 396. The molecule has 0 aliphatic heterocycles. The monoisotopic (exact) mass is 329 g/mol. The highest BCUT2D eigenvalue weighted by Gasteiger charge is 2.18. The first kappa shape index (κ1) is 16.6. The van der Waals surface area contributed by atoms with Crippen molar-refractivity contribution in [3.05, 3.63) is 34.1 Å². The van der Waals surface area contributed by atoms with Gasteiger partial charge in [-0.2, -0.15) is 0 Å². The second-order valence-corrected chi connectivity index (χ2v) is 6.81. The van der Waals surface area contributed by atoms with E-state index in [0.29, 0.717) is 22.2 Å². The van der Waals surface area contributed by atoms with Gasteiger partial charge in [0.1, 0.15) is 5.82 Å². The molecule has 0 radical (unpaired) electrons. The summed E-state index contributed by atoms with van der Waals surface area (Å²) in [4.78, 5) is 0. The van der Waals surface area contributed by atoms with Crippen LogP contribution in [0, 0.1) is 23.6 Å². The fourth-order valence-electron chi connectivity index (χ4n) is 2.45. The number of hydrogen-bond donors (Lipinski definition) is 1. The summed E-state index contributed by atoms with van der Waals surface area (Å²) < 4.78 is 13.8. The average Bonchev–Trinajstić information content (AvgIpc) is 2.31. The van der Waals surface area contributed by atoms with Crippen molar-refractivity contribution < 1.29 is 4.39 Å². The third kappa shape index (κ3) is 4.88. The number of hydrogen-bond acceptors (Lipinski definition) is 1. The first-order valence-corrected chi connectivity index (χ1v) is 7.80. The number of halogens is 2. The first-order chi connectivity index (χ1) is 8.82. The largest absolute Gasteiger partial charge is 0.310 e. The minimum Gasteiger partial charge on any atom is -0.310 e. The molecule has 0 fully saturated rings. The summed E-state index contributed by atoms with van der Waals surface area (Å²) in [5.74, 6) is 1.78. The summed E-state index contributed by atoms with van der Waals surface area (Å²) in [7, 11) is 0. The van der Waals surface area contributed by atoms with E-state index in [0.717, 1.165) is 12.1 Å². The molecular formula is C16H25BrFN. The van der Waals surface area contributed by atoms with E-state index in [2.05, 4.69) is 55.9 Å². The van der Waals surface area contributed by atoms with E-state index in [-0.39, 0.29) is 11.9 Å². The smallest absolute Gasteiger partial charge is 0.137 e. The Balaban J connectivity index is 2.63. The van der Waals surface area contributed by atoms with Gasteiger partial charge >= 0.3 is 0 Å². The van der Waals surface area contributed by atoms with Crippen molar-refractivity contribution in [3.63, 3.8) is 0 Å². The van der Waals surface area contributed by atoms with Crippen LogP contribution < -0.4 is 5.32 Å². The van der Waals surface area contributed by atoms with Crippen LogP contribution in [0.5, 0.6) is 0 Å². The lowest BCUT2D eigenvalue weighted by atomic mass is 9.85. The van der Waals surface area contributed by atoms with Gasteiger partial charge in [0, 0.05) is 6.04 Å². The van der Waals surface area contributed by atoms with Gasteiger partial charge < -0.3 is 5.32 Å². The van der Waals surface area contributed by atoms with Gasteiger partial charge in [-0.3, -0.25) is 0 Å². The van der Waals surface area contributed by atoms with Crippen LogP contribution in [0.3, 0.4) is 0 Å². The second-order valence-electron chi connectivity index (χ2n) is 5.96. The predicted molar refractivity (Wildman–Crippen MR) is 83.7 cm³/mol. The molecule has 0 saturated carbocycles. The lowest BCUT2D eigenvalue weighted by molar-refractivity contribution is 0.268. The zero-order valence-corrected chi connectivity index (χ0v) is 14.1. The molecule has 0 aliphatic rings. The summed E-state index contributed by atoms with van der Waals surface area (Å²) in [5.41, 5.74) is 1.11. The molecule has 1 unspecified atom stereocenters. The summed E-state index contributed by atoms with van der Waals surface area (Å²) in [6, 6.07) is 5.45. The minimum absolute atomic E-state index is 0.210. The molecule has 1 atom stereocenters. The quantitative estimate of drug-likeness (QED) is 0.759. The molecule has 0 bridgehead atoms. The van der Waals surface area contributed by atoms with Crippen molar-refractivity contribution >= 4 is 15.9 Å². The van der Waals surface area contributed by atoms with E-state index in [1.165, 1.54) is 6.07 Å². The van der Waals surface area contributed by atoms with E-state index in [4.69, 9.17) is 0 Å². The van der Waals surface area contributed by atoms with E-state index in [1.54, 1.807) is 0 Å². The fraction of sp³-hybridized carbons (Fsp3) is 0.625.